The predicted molar refractivity (Wildman–Crippen MR) is 76.1 cm³/mol. The second kappa shape index (κ2) is 5.64. The number of benzene rings is 1. The van der Waals surface area contributed by atoms with Crippen molar-refractivity contribution in [1.29, 1.82) is 5.26 Å². The molecule has 106 valence electrons. The maximum atomic E-state index is 11.3. The maximum absolute atomic E-state index is 11.3. The Balaban J connectivity index is 2.07. The molecule has 1 saturated heterocycles. The summed E-state index contributed by atoms with van der Waals surface area (Å²) < 4.78 is 0. The van der Waals surface area contributed by atoms with Gasteiger partial charge in [0, 0.05) is 6.04 Å². The summed E-state index contributed by atoms with van der Waals surface area (Å²) in [6.07, 6.45) is 1.34. The van der Waals surface area contributed by atoms with Crippen LogP contribution in [0.25, 0.3) is 0 Å². The van der Waals surface area contributed by atoms with Gasteiger partial charge in [-0.15, -0.1) is 0 Å². The van der Waals surface area contributed by atoms with Crippen LogP contribution in [-0.2, 0) is 4.79 Å². The standard InChI is InChI=1S/C16H20N2O2/c1-12(14-5-3-4-13(10-14)11-17)18-8-6-16(2,7-9-18)15(19)20/h3-5,10,12H,6-9H2,1-2H3,(H,19,20). The van der Waals surface area contributed by atoms with Crippen molar-refractivity contribution in [3.8, 4) is 6.07 Å². The Bertz CT molecular complexity index is 540. The Labute approximate surface area is 119 Å². The largest absolute Gasteiger partial charge is 0.481 e. The molecular formula is C16H20N2O2. The summed E-state index contributed by atoms with van der Waals surface area (Å²) in [6.45, 7) is 5.50. The lowest BCUT2D eigenvalue weighted by atomic mass is 9.80. The molecule has 0 radical (unpaired) electrons. The molecule has 0 amide bonds. The Morgan fingerprint density at radius 2 is 2.10 bits per heavy atom. The van der Waals surface area contributed by atoms with E-state index in [2.05, 4.69) is 17.9 Å². The highest BCUT2D eigenvalue weighted by Crippen LogP contribution is 2.34. The van der Waals surface area contributed by atoms with Crippen LogP contribution in [0.3, 0.4) is 0 Å². The molecule has 1 atom stereocenters. The van der Waals surface area contributed by atoms with Crippen molar-refractivity contribution in [1.82, 2.24) is 4.90 Å². The lowest BCUT2D eigenvalue weighted by Gasteiger charge is -2.39. The van der Waals surface area contributed by atoms with Crippen molar-refractivity contribution in [2.75, 3.05) is 13.1 Å². The van der Waals surface area contributed by atoms with Crippen LogP contribution in [0.1, 0.15) is 43.9 Å². The van der Waals surface area contributed by atoms with Crippen LogP contribution in [0.5, 0.6) is 0 Å². The molecule has 1 heterocycles. The van der Waals surface area contributed by atoms with Gasteiger partial charge in [-0.3, -0.25) is 9.69 Å². The normalized spacial score (nSPS) is 20.1. The van der Waals surface area contributed by atoms with E-state index < -0.39 is 11.4 Å². The monoisotopic (exact) mass is 272 g/mol. The Morgan fingerprint density at radius 3 is 2.65 bits per heavy atom. The number of aliphatic carboxylic acids is 1. The van der Waals surface area contributed by atoms with Gasteiger partial charge in [0.05, 0.1) is 17.0 Å². The fourth-order valence-electron chi connectivity index (χ4n) is 2.70. The third-order valence-corrected chi connectivity index (χ3v) is 4.46. The van der Waals surface area contributed by atoms with Gasteiger partial charge in [-0.1, -0.05) is 12.1 Å². The summed E-state index contributed by atoms with van der Waals surface area (Å²) in [7, 11) is 0. The highest BCUT2D eigenvalue weighted by Gasteiger charge is 2.37. The van der Waals surface area contributed by atoms with E-state index in [0.29, 0.717) is 18.4 Å². The van der Waals surface area contributed by atoms with Gasteiger partial charge in [0.15, 0.2) is 0 Å². The molecule has 1 aromatic rings. The molecule has 1 aliphatic rings. The predicted octanol–water partition coefficient (Wildman–Crippen LogP) is 2.81. The van der Waals surface area contributed by atoms with Crippen LogP contribution in [0.15, 0.2) is 24.3 Å². The number of nitriles is 1. The minimum Gasteiger partial charge on any atom is -0.481 e. The van der Waals surface area contributed by atoms with Crippen LogP contribution in [0.2, 0.25) is 0 Å². The molecule has 0 spiro atoms. The third-order valence-electron chi connectivity index (χ3n) is 4.46. The van der Waals surface area contributed by atoms with Gasteiger partial charge < -0.3 is 5.11 Å². The van der Waals surface area contributed by atoms with Crippen LogP contribution in [-0.4, -0.2) is 29.1 Å². The molecule has 1 unspecified atom stereocenters. The van der Waals surface area contributed by atoms with E-state index in [-0.39, 0.29) is 6.04 Å². The number of piperidine rings is 1. The Morgan fingerprint density at radius 1 is 1.45 bits per heavy atom. The topological polar surface area (TPSA) is 64.3 Å². The summed E-state index contributed by atoms with van der Waals surface area (Å²) in [5, 5.41) is 18.2. The minimum absolute atomic E-state index is 0.210. The first-order chi connectivity index (χ1) is 9.46. The number of carbonyl (C=O) groups is 1. The summed E-state index contributed by atoms with van der Waals surface area (Å²) in [5.41, 5.74) is 1.19. The summed E-state index contributed by atoms with van der Waals surface area (Å²) >= 11 is 0. The molecule has 0 bridgehead atoms. The van der Waals surface area contributed by atoms with E-state index in [4.69, 9.17) is 5.26 Å². The molecule has 2 rings (SSSR count). The first-order valence-electron chi connectivity index (χ1n) is 6.94. The highest BCUT2D eigenvalue weighted by atomic mass is 16.4. The quantitative estimate of drug-likeness (QED) is 0.919. The molecule has 1 aromatic carbocycles. The summed E-state index contributed by atoms with van der Waals surface area (Å²) in [4.78, 5) is 13.5. The zero-order chi connectivity index (χ0) is 14.8. The molecule has 4 heteroatoms. The number of carboxylic acids is 1. The summed E-state index contributed by atoms with van der Waals surface area (Å²) in [6, 6.07) is 10.0. The highest BCUT2D eigenvalue weighted by molar-refractivity contribution is 5.74. The molecule has 0 aliphatic carbocycles. The van der Waals surface area contributed by atoms with Gasteiger partial charge in [0.2, 0.25) is 0 Å². The number of likely N-dealkylation sites (tertiary alicyclic amines) is 1. The van der Waals surface area contributed by atoms with Gasteiger partial charge >= 0.3 is 5.97 Å². The molecule has 0 saturated carbocycles. The van der Waals surface area contributed by atoms with E-state index in [1.54, 1.807) is 6.07 Å². The smallest absolute Gasteiger partial charge is 0.309 e. The maximum Gasteiger partial charge on any atom is 0.309 e. The van der Waals surface area contributed by atoms with Crippen LogP contribution in [0.4, 0.5) is 0 Å². The molecule has 1 aliphatic heterocycles. The van der Waals surface area contributed by atoms with E-state index in [1.807, 2.05) is 25.1 Å². The first kappa shape index (κ1) is 14.5. The molecule has 4 nitrogen and oxygen atoms in total. The second-order valence-electron chi connectivity index (χ2n) is 5.82. The zero-order valence-electron chi connectivity index (χ0n) is 12.0. The van der Waals surface area contributed by atoms with Gasteiger partial charge in [0.1, 0.15) is 0 Å². The summed E-state index contributed by atoms with van der Waals surface area (Å²) in [5.74, 6) is -0.698. The molecule has 1 fully saturated rings. The Hall–Kier alpha value is -1.86. The first-order valence-corrected chi connectivity index (χ1v) is 6.94. The molecular weight excluding hydrogens is 252 g/mol. The van der Waals surface area contributed by atoms with Crippen LogP contribution in [0, 0.1) is 16.7 Å². The fraction of sp³-hybridized carbons (Fsp3) is 0.500. The number of rotatable bonds is 3. The van der Waals surface area contributed by atoms with Crippen molar-refractivity contribution in [2.24, 2.45) is 5.41 Å². The van der Waals surface area contributed by atoms with Gasteiger partial charge in [-0.2, -0.15) is 5.26 Å². The van der Waals surface area contributed by atoms with Crippen molar-refractivity contribution in [2.45, 2.75) is 32.7 Å². The zero-order valence-corrected chi connectivity index (χ0v) is 12.0. The number of hydrogen-bond acceptors (Lipinski definition) is 3. The average Bonchev–Trinajstić information content (AvgIpc) is 2.47. The lowest BCUT2D eigenvalue weighted by Crippen LogP contribution is -2.43. The van der Waals surface area contributed by atoms with Gasteiger partial charge in [-0.05, 0) is 57.5 Å². The van der Waals surface area contributed by atoms with E-state index in [0.717, 1.165) is 18.7 Å². The molecule has 0 aromatic heterocycles. The fourth-order valence-corrected chi connectivity index (χ4v) is 2.70. The Kier molecular flexibility index (Phi) is 4.10. The minimum atomic E-state index is -0.698. The van der Waals surface area contributed by atoms with Crippen molar-refractivity contribution in [3.05, 3.63) is 35.4 Å². The van der Waals surface area contributed by atoms with Crippen molar-refractivity contribution >= 4 is 5.97 Å². The molecule has 1 N–H and O–H groups in total. The van der Waals surface area contributed by atoms with Crippen LogP contribution >= 0.6 is 0 Å². The van der Waals surface area contributed by atoms with E-state index in [9.17, 15) is 9.90 Å². The van der Waals surface area contributed by atoms with Gasteiger partial charge in [-0.25, -0.2) is 0 Å². The van der Waals surface area contributed by atoms with Gasteiger partial charge in [0.25, 0.3) is 0 Å². The number of nitrogens with zero attached hydrogens (tertiary/aromatic N) is 2. The molecule has 20 heavy (non-hydrogen) atoms. The third kappa shape index (κ3) is 2.83. The number of carboxylic acid groups (broad SMARTS) is 1. The lowest BCUT2D eigenvalue weighted by molar-refractivity contribution is -0.151. The SMILES string of the molecule is CC(c1cccc(C#N)c1)N1CCC(C)(C(=O)O)CC1. The van der Waals surface area contributed by atoms with Crippen LogP contribution < -0.4 is 0 Å². The van der Waals surface area contributed by atoms with E-state index in [1.165, 1.54) is 0 Å². The average molecular weight is 272 g/mol. The second-order valence-corrected chi connectivity index (χ2v) is 5.82. The number of hydrogen-bond donors (Lipinski definition) is 1. The van der Waals surface area contributed by atoms with E-state index >= 15 is 0 Å². The van der Waals surface area contributed by atoms with Crippen molar-refractivity contribution < 1.29 is 9.90 Å². The van der Waals surface area contributed by atoms with Crippen molar-refractivity contribution in [3.63, 3.8) is 0 Å².